The van der Waals surface area contributed by atoms with Crippen molar-refractivity contribution >= 4 is 11.6 Å². The minimum Gasteiger partial charge on any atom is -0.369 e. The van der Waals surface area contributed by atoms with Crippen LogP contribution in [0, 0.1) is 5.92 Å². The molecule has 3 heteroatoms. The Labute approximate surface area is 114 Å². The summed E-state index contributed by atoms with van der Waals surface area (Å²) in [6.45, 7) is 3.44. The predicted octanol–water partition coefficient (Wildman–Crippen LogP) is 3.76. The van der Waals surface area contributed by atoms with E-state index in [-0.39, 0.29) is 5.60 Å². The first-order valence-electron chi connectivity index (χ1n) is 6.73. The van der Waals surface area contributed by atoms with Crippen LogP contribution >= 0.6 is 11.6 Å². The first-order chi connectivity index (χ1) is 8.65. The fraction of sp³-hybridized carbons (Fsp3) is 0.600. The predicted molar refractivity (Wildman–Crippen MR) is 75.7 cm³/mol. The molecule has 1 fully saturated rings. The second kappa shape index (κ2) is 6.05. The zero-order valence-electron chi connectivity index (χ0n) is 11.0. The summed E-state index contributed by atoms with van der Waals surface area (Å²) in [6, 6.07) is 7.84. The van der Waals surface area contributed by atoms with Gasteiger partial charge in [-0.2, -0.15) is 0 Å². The molecule has 2 unspecified atom stereocenters. The summed E-state index contributed by atoms with van der Waals surface area (Å²) in [6.07, 6.45) is 4.63. The number of ether oxygens (including phenoxy) is 1. The van der Waals surface area contributed by atoms with Crippen molar-refractivity contribution in [3.05, 3.63) is 34.9 Å². The molecule has 0 amide bonds. The summed E-state index contributed by atoms with van der Waals surface area (Å²) >= 11 is 6.15. The largest absolute Gasteiger partial charge is 0.369 e. The SMILES string of the molecule is CC1CCCC(CN)(OCc2ccccc2Cl)C1. The van der Waals surface area contributed by atoms with Crippen LogP contribution in [0.2, 0.25) is 5.02 Å². The average molecular weight is 268 g/mol. The van der Waals surface area contributed by atoms with Gasteiger partial charge in [-0.05, 0) is 30.4 Å². The van der Waals surface area contributed by atoms with E-state index in [2.05, 4.69) is 6.92 Å². The van der Waals surface area contributed by atoms with E-state index < -0.39 is 0 Å². The van der Waals surface area contributed by atoms with Crippen molar-refractivity contribution in [1.82, 2.24) is 0 Å². The topological polar surface area (TPSA) is 35.2 Å². The highest BCUT2D eigenvalue weighted by Gasteiger charge is 2.34. The maximum atomic E-state index is 6.15. The van der Waals surface area contributed by atoms with Crippen molar-refractivity contribution in [2.45, 2.75) is 44.8 Å². The van der Waals surface area contributed by atoms with Crippen molar-refractivity contribution in [2.24, 2.45) is 11.7 Å². The molecule has 1 saturated carbocycles. The summed E-state index contributed by atoms with van der Waals surface area (Å²) in [5.41, 5.74) is 6.85. The van der Waals surface area contributed by atoms with E-state index in [1.165, 1.54) is 12.8 Å². The van der Waals surface area contributed by atoms with Gasteiger partial charge in [-0.3, -0.25) is 0 Å². The molecule has 2 N–H and O–H groups in total. The van der Waals surface area contributed by atoms with E-state index in [0.717, 1.165) is 23.4 Å². The third-order valence-corrected chi connectivity index (χ3v) is 4.28. The zero-order chi connectivity index (χ0) is 13.0. The average Bonchev–Trinajstić information content (AvgIpc) is 2.38. The molecule has 18 heavy (non-hydrogen) atoms. The van der Waals surface area contributed by atoms with Gasteiger partial charge < -0.3 is 10.5 Å². The summed E-state index contributed by atoms with van der Waals surface area (Å²) in [4.78, 5) is 0. The zero-order valence-corrected chi connectivity index (χ0v) is 11.7. The Balaban J connectivity index is 2.01. The van der Waals surface area contributed by atoms with Gasteiger partial charge in [-0.15, -0.1) is 0 Å². The molecule has 2 rings (SSSR count). The Morgan fingerprint density at radius 2 is 2.22 bits per heavy atom. The van der Waals surface area contributed by atoms with E-state index >= 15 is 0 Å². The van der Waals surface area contributed by atoms with Crippen molar-refractivity contribution in [2.75, 3.05) is 6.54 Å². The molecule has 1 aromatic rings. The lowest BCUT2D eigenvalue weighted by atomic mass is 9.79. The van der Waals surface area contributed by atoms with Gasteiger partial charge in [-0.25, -0.2) is 0 Å². The number of nitrogens with two attached hydrogens (primary N) is 1. The fourth-order valence-electron chi connectivity index (χ4n) is 2.83. The van der Waals surface area contributed by atoms with Gasteiger partial charge in [0.2, 0.25) is 0 Å². The smallest absolute Gasteiger partial charge is 0.0811 e. The minimum atomic E-state index is -0.142. The Hall–Kier alpha value is -0.570. The highest BCUT2D eigenvalue weighted by atomic mass is 35.5. The molecular formula is C15H22ClNO. The first kappa shape index (κ1) is 13.9. The summed E-state index contributed by atoms with van der Waals surface area (Å²) in [7, 11) is 0. The molecular weight excluding hydrogens is 246 g/mol. The Bertz CT molecular complexity index is 396. The summed E-state index contributed by atoms with van der Waals surface area (Å²) in [5.74, 6) is 0.702. The molecule has 1 aliphatic carbocycles. The van der Waals surface area contributed by atoms with Gasteiger partial charge in [0.05, 0.1) is 12.2 Å². The normalized spacial score (nSPS) is 28.3. The van der Waals surface area contributed by atoms with Crippen LogP contribution in [0.5, 0.6) is 0 Å². The van der Waals surface area contributed by atoms with Crippen molar-refractivity contribution in [3.8, 4) is 0 Å². The van der Waals surface area contributed by atoms with E-state index in [1.807, 2.05) is 24.3 Å². The van der Waals surface area contributed by atoms with Crippen LogP contribution in [0.25, 0.3) is 0 Å². The summed E-state index contributed by atoms with van der Waals surface area (Å²) < 4.78 is 6.15. The molecule has 0 spiro atoms. The lowest BCUT2D eigenvalue weighted by Gasteiger charge is -2.39. The first-order valence-corrected chi connectivity index (χ1v) is 7.10. The Morgan fingerprint density at radius 3 is 2.89 bits per heavy atom. The molecule has 2 nitrogen and oxygen atoms in total. The van der Waals surface area contributed by atoms with E-state index in [0.29, 0.717) is 19.1 Å². The molecule has 0 aromatic heterocycles. The summed E-state index contributed by atoms with van der Waals surface area (Å²) in [5, 5.41) is 0.772. The van der Waals surface area contributed by atoms with Crippen molar-refractivity contribution in [1.29, 1.82) is 0 Å². The van der Waals surface area contributed by atoms with Crippen LogP contribution in [0.15, 0.2) is 24.3 Å². The quantitative estimate of drug-likeness (QED) is 0.901. The lowest BCUT2D eigenvalue weighted by Crippen LogP contribution is -2.44. The van der Waals surface area contributed by atoms with Gasteiger partial charge in [0, 0.05) is 11.6 Å². The highest BCUT2D eigenvalue weighted by molar-refractivity contribution is 6.31. The molecule has 1 aliphatic rings. The minimum absolute atomic E-state index is 0.142. The monoisotopic (exact) mass is 267 g/mol. The van der Waals surface area contributed by atoms with Crippen LogP contribution in [0.3, 0.4) is 0 Å². The molecule has 2 atom stereocenters. The van der Waals surface area contributed by atoms with E-state index in [1.54, 1.807) is 0 Å². The fourth-order valence-corrected chi connectivity index (χ4v) is 3.02. The van der Waals surface area contributed by atoms with Crippen LogP contribution in [0.1, 0.15) is 38.2 Å². The van der Waals surface area contributed by atoms with E-state index in [4.69, 9.17) is 22.1 Å². The third-order valence-electron chi connectivity index (χ3n) is 3.91. The molecule has 0 saturated heterocycles. The van der Waals surface area contributed by atoms with Gasteiger partial charge >= 0.3 is 0 Å². The molecule has 0 bridgehead atoms. The Kier molecular flexibility index (Phi) is 4.66. The number of rotatable bonds is 4. The second-order valence-electron chi connectivity index (χ2n) is 5.47. The van der Waals surface area contributed by atoms with E-state index in [9.17, 15) is 0 Å². The van der Waals surface area contributed by atoms with Gasteiger partial charge in [-0.1, -0.05) is 49.6 Å². The van der Waals surface area contributed by atoms with Gasteiger partial charge in [0.15, 0.2) is 0 Å². The molecule has 0 radical (unpaired) electrons. The lowest BCUT2D eigenvalue weighted by molar-refractivity contribution is -0.0839. The highest BCUT2D eigenvalue weighted by Crippen LogP contribution is 2.35. The van der Waals surface area contributed by atoms with Gasteiger partial charge in [0.25, 0.3) is 0 Å². The molecule has 0 aliphatic heterocycles. The van der Waals surface area contributed by atoms with Crippen LogP contribution in [0.4, 0.5) is 0 Å². The number of hydrogen-bond acceptors (Lipinski definition) is 2. The number of benzene rings is 1. The maximum Gasteiger partial charge on any atom is 0.0811 e. The standard InChI is InChI=1S/C15H22ClNO/c1-12-5-4-8-15(9-12,11-17)18-10-13-6-2-3-7-14(13)16/h2-3,6-7,12H,4-5,8-11,17H2,1H3. The van der Waals surface area contributed by atoms with Crippen LogP contribution < -0.4 is 5.73 Å². The molecule has 1 aromatic carbocycles. The molecule has 0 heterocycles. The number of halogens is 1. The number of hydrogen-bond donors (Lipinski definition) is 1. The Morgan fingerprint density at radius 1 is 1.44 bits per heavy atom. The van der Waals surface area contributed by atoms with Crippen LogP contribution in [-0.4, -0.2) is 12.1 Å². The maximum absolute atomic E-state index is 6.15. The van der Waals surface area contributed by atoms with Crippen molar-refractivity contribution < 1.29 is 4.74 Å². The van der Waals surface area contributed by atoms with Gasteiger partial charge in [0.1, 0.15) is 0 Å². The van der Waals surface area contributed by atoms with Crippen LogP contribution in [-0.2, 0) is 11.3 Å². The van der Waals surface area contributed by atoms with Crippen molar-refractivity contribution in [3.63, 3.8) is 0 Å². The molecule has 100 valence electrons. The third kappa shape index (κ3) is 3.25. The second-order valence-corrected chi connectivity index (χ2v) is 5.88.